The van der Waals surface area contributed by atoms with Gasteiger partial charge in [-0.25, -0.2) is 4.98 Å². The minimum atomic E-state index is 0.384. The van der Waals surface area contributed by atoms with E-state index < -0.39 is 0 Å². The maximum atomic E-state index is 5.71. The number of hydrogen-bond donors (Lipinski definition) is 1. The SMILES string of the molecule is CCC1COCCN1c1cccc2nc(Nc3c(C)cc(Br)cc3OC)n(C)c12. The lowest BCUT2D eigenvalue weighted by atomic mass is 10.1. The Morgan fingerprint density at radius 3 is 2.93 bits per heavy atom. The van der Waals surface area contributed by atoms with Gasteiger partial charge in [0.05, 0.1) is 48.8 Å². The van der Waals surface area contributed by atoms with Crippen molar-refractivity contribution in [3.63, 3.8) is 0 Å². The summed E-state index contributed by atoms with van der Waals surface area (Å²) in [5, 5.41) is 3.49. The van der Waals surface area contributed by atoms with Crippen LogP contribution >= 0.6 is 15.9 Å². The molecule has 0 bridgehead atoms. The molecule has 29 heavy (non-hydrogen) atoms. The molecule has 0 aliphatic carbocycles. The van der Waals surface area contributed by atoms with Gasteiger partial charge in [-0.2, -0.15) is 0 Å². The average molecular weight is 459 g/mol. The molecule has 0 spiro atoms. The zero-order chi connectivity index (χ0) is 20.5. The van der Waals surface area contributed by atoms with Crippen molar-refractivity contribution in [2.75, 3.05) is 37.1 Å². The fourth-order valence-electron chi connectivity index (χ4n) is 4.05. The van der Waals surface area contributed by atoms with Gasteiger partial charge in [0.2, 0.25) is 5.95 Å². The lowest BCUT2D eigenvalue weighted by molar-refractivity contribution is 0.0931. The van der Waals surface area contributed by atoms with Gasteiger partial charge in [0.15, 0.2) is 0 Å². The van der Waals surface area contributed by atoms with E-state index in [0.29, 0.717) is 6.04 Å². The number of halogens is 1. The van der Waals surface area contributed by atoms with Crippen molar-refractivity contribution in [1.29, 1.82) is 0 Å². The predicted molar refractivity (Wildman–Crippen MR) is 122 cm³/mol. The molecule has 4 rings (SSSR count). The maximum Gasteiger partial charge on any atom is 0.208 e. The van der Waals surface area contributed by atoms with Crippen LogP contribution in [0.3, 0.4) is 0 Å². The summed E-state index contributed by atoms with van der Waals surface area (Å²) in [7, 11) is 3.74. The third kappa shape index (κ3) is 3.69. The summed E-state index contributed by atoms with van der Waals surface area (Å²) in [4.78, 5) is 7.34. The van der Waals surface area contributed by atoms with Crippen molar-refractivity contribution in [2.45, 2.75) is 26.3 Å². The van der Waals surface area contributed by atoms with Gasteiger partial charge in [-0.1, -0.05) is 28.9 Å². The Hall–Kier alpha value is -2.25. The molecule has 0 amide bonds. The van der Waals surface area contributed by atoms with Crippen LogP contribution in [0.2, 0.25) is 0 Å². The first kappa shape index (κ1) is 20.0. The maximum absolute atomic E-state index is 5.71. The van der Waals surface area contributed by atoms with Gasteiger partial charge >= 0.3 is 0 Å². The van der Waals surface area contributed by atoms with Crippen molar-refractivity contribution in [3.8, 4) is 5.75 Å². The van der Waals surface area contributed by atoms with E-state index in [1.165, 1.54) is 5.69 Å². The normalized spacial score (nSPS) is 17.0. The summed E-state index contributed by atoms with van der Waals surface area (Å²) in [6.07, 6.45) is 1.05. The molecule has 1 unspecified atom stereocenters. The number of para-hydroxylation sites is 1. The van der Waals surface area contributed by atoms with E-state index in [1.54, 1.807) is 7.11 Å². The number of nitrogens with one attached hydrogen (secondary N) is 1. The first-order valence-electron chi connectivity index (χ1n) is 9.94. The second-order valence-corrected chi connectivity index (χ2v) is 8.31. The van der Waals surface area contributed by atoms with Crippen molar-refractivity contribution in [2.24, 2.45) is 7.05 Å². The smallest absolute Gasteiger partial charge is 0.208 e. The summed E-state index contributed by atoms with van der Waals surface area (Å²) < 4.78 is 14.4. The molecule has 1 aliphatic rings. The molecule has 2 aromatic carbocycles. The van der Waals surface area contributed by atoms with Crippen LogP contribution in [0.4, 0.5) is 17.3 Å². The Bertz CT molecular complexity index is 1030. The Morgan fingerprint density at radius 1 is 1.34 bits per heavy atom. The number of imidazole rings is 1. The summed E-state index contributed by atoms with van der Waals surface area (Å²) in [5.74, 6) is 1.57. The molecule has 1 aromatic heterocycles. The van der Waals surface area contributed by atoms with Gasteiger partial charge < -0.3 is 24.3 Å². The van der Waals surface area contributed by atoms with Gasteiger partial charge in [-0.05, 0) is 43.2 Å². The molecular weight excluding hydrogens is 432 g/mol. The quantitative estimate of drug-likeness (QED) is 0.581. The van der Waals surface area contributed by atoms with E-state index in [1.807, 2.05) is 6.07 Å². The lowest BCUT2D eigenvalue weighted by Crippen LogP contribution is -2.45. The number of anilines is 3. The van der Waals surface area contributed by atoms with Gasteiger partial charge in [-0.3, -0.25) is 0 Å². The minimum Gasteiger partial charge on any atom is -0.495 e. The molecule has 7 heteroatoms. The second kappa shape index (κ2) is 8.24. The molecule has 6 nitrogen and oxygen atoms in total. The minimum absolute atomic E-state index is 0.384. The Kier molecular flexibility index (Phi) is 5.69. The number of fused-ring (bicyclic) bond motifs is 1. The zero-order valence-corrected chi connectivity index (χ0v) is 18.9. The van der Waals surface area contributed by atoms with E-state index >= 15 is 0 Å². The number of benzene rings is 2. The fourth-order valence-corrected chi connectivity index (χ4v) is 4.60. The van der Waals surface area contributed by atoms with Crippen LogP contribution in [0.15, 0.2) is 34.8 Å². The highest BCUT2D eigenvalue weighted by atomic mass is 79.9. The predicted octanol–water partition coefficient (Wildman–Crippen LogP) is 5.01. The van der Waals surface area contributed by atoms with Crippen LogP contribution in [0.1, 0.15) is 18.9 Å². The molecule has 154 valence electrons. The van der Waals surface area contributed by atoms with E-state index in [9.17, 15) is 0 Å². The second-order valence-electron chi connectivity index (χ2n) is 7.39. The van der Waals surface area contributed by atoms with E-state index in [4.69, 9.17) is 14.5 Å². The highest BCUT2D eigenvalue weighted by molar-refractivity contribution is 9.10. The highest BCUT2D eigenvalue weighted by Gasteiger charge is 2.25. The van der Waals surface area contributed by atoms with Gasteiger partial charge in [-0.15, -0.1) is 0 Å². The summed E-state index contributed by atoms with van der Waals surface area (Å²) in [5.41, 5.74) is 5.32. The van der Waals surface area contributed by atoms with Crippen LogP contribution in [-0.2, 0) is 11.8 Å². The molecule has 1 saturated heterocycles. The zero-order valence-electron chi connectivity index (χ0n) is 17.3. The number of aromatic nitrogens is 2. The standard InChI is InChI=1S/C22H27BrN4O2/c1-5-16-13-29-10-9-27(16)18-8-6-7-17-21(18)26(3)22(24-17)25-20-14(2)11-15(23)12-19(20)28-4/h6-8,11-12,16H,5,9-10,13H2,1-4H3,(H,24,25). The molecular formula is C22H27BrN4O2. The van der Waals surface area contributed by atoms with Crippen molar-refractivity contribution < 1.29 is 9.47 Å². The number of rotatable bonds is 5. The van der Waals surface area contributed by atoms with Gasteiger partial charge in [0, 0.05) is 18.1 Å². The fraction of sp³-hybridized carbons (Fsp3) is 0.409. The number of aryl methyl sites for hydroxylation is 2. The molecule has 1 atom stereocenters. The van der Waals surface area contributed by atoms with Crippen LogP contribution < -0.4 is 15.0 Å². The van der Waals surface area contributed by atoms with Crippen molar-refractivity contribution in [1.82, 2.24) is 9.55 Å². The summed E-state index contributed by atoms with van der Waals surface area (Å²) in [6.45, 7) is 6.69. The first-order valence-corrected chi connectivity index (χ1v) is 10.7. The number of morpholine rings is 1. The monoisotopic (exact) mass is 458 g/mol. The van der Waals surface area contributed by atoms with Crippen molar-refractivity contribution >= 4 is 44.3 Å². The van der Waals surface area contributed by atoms with Crippen LogP contribution in [-0.4, -0.2) is 42.5 Å². The topological polar surface area (TPSA) is 51.6 Å². The summed E-state index contributed by atoms with van der Waals surface area (Å²) >= 11 is 3.54. The van der Waals surface area contributed by atoms with Gasteiger partial charge in [0.25, 0.3) is 0 Å². The average Bonchev–Trinajstić information content (AvgIpc) is 3.05. The highest BCUT2D eigenvalue weighted by Crippen LogP contribution is 2.36. The van der Waals surface area contributed by atoms with Gasteiger partial charge in [0.1, 0.15) is 5.75 Å². The van der Waals surface area contributed by atoms with E-state index in [2.05, 4.69) is 75.9 Å². The molecule has 1 N–H and O–H groups in total. The van der Waals surface area contributed by atoms with Crippen molar-refractivity contribution in [3.05, 3.63) is 40.4 Å². The molecule has 1 fully saturated rings. The number of ether oxygens (including phenoxy) is 2. The summed E-state index contributed by atoms with van der Waals surface area (Å²) in [6, 6.07) is 10.8. The molecule has 3 aromatic rings. The Balaban J connectivity index is 1.78. The molecule has 1 aliphatic heterocycles. The Morgan fingerprint density at radius 2 is 2.17 bits per heavy atom. The van der Waals surface area contributed by atoms with Crippen LogP contribution in [0.25, 0.3) is 11.0 Å². The third-order valence-electron chi connectivity index (χ3n) is 5.60. The molecule has 0 radical (unpaired) electrons. The van der Waals surface area contributed by atoms with E-state index in [0.717, 1.165) is 64.6 Å². The van der Waals surface area contributed by atoms with E-state index in [-0.39, 0.29) is 0 Å². The number of nitrogens with zero attached hydrogens (tertiary/aromatic N) is 3. The molecule has 0 saturated carbocycles. The van der Waals surface area contributed by atoms with Crippen LogP contribution in [0.5, 0.6) is 5.75 Å². The third-order valence-corrected chi connectivity index (χ3v) is 6.06. The lowest BCUT2D eigenvalue weighted by Gasteiger charge is -2.37. The van der Waals surface area contributed by atoms with Crippen LogP contribution in [0, 0.1) is 6.92 Å². The number of methoxy groups -OCH3 is 1. The molecule has 2 heterocycles. The first-order chi connectivity index (χ1) is 14.0. The largest absolute Gasteiger partial charge is 0.495 e. The Labute approximate surface area is 179 Å². The number of hydrogen-bond acceptors (Lipinski definition) is 5.